The van der Waals surface area contributed by atoms with Gasteiger partial charge in [0, 0.05) is 0 Å². The third kappa shape index (κ3) is 41.0. The van der Waals surface area contributed by atoms with Gasteiger partial charge in [0.25, 0.3) is 0 Å². The van der Waals surface area contributed by atoms with Gasteiger partial charge < -0.3 is 51.8 Å². The molecule has 1 heterocycles. The fourth-order valence-electron chi connectivity index (χ4n) is 1.91. The van der Waals surface area contributed by atoms with Crippen molar-refractivity contribution in [1.82, 2.24) is 9.80 Å². The smallest absolute Gasteiger partial charge is 0.418 e. The first-order valence-electron chi connectivity index (χ1n) is 8.67. The number of piperazine rings is 1. The van der Waals surface area contributed by atoms with Crippen LogP contribution in [0.1, 0.15) is 27.7 Å². The molecule has 20 heteroatoms. The first-order valence-corrected chi connectivity index (χ1v) is 10.9. The first-order chi connectivity index (χ1) is 13.3. The van der Waals surface area contributed by atoms with Gasteiger partial charge in [-0.3, -0.25) is 0 Å². The summed E-state index contributed by atoms with van der Waals surface area (Å²) in [5.74, 6) is 0. The Hall–Kier alpha value is 0.221. The van der Waals surface area contributed by atoms with Gasteiger partial charge in [-0.2, -0.15) is 0 Å². The molecule has 0 aromatic heterocycles. The summed E-state index contributed by atoms with van der Waals surface area (Å²) in [6.45, 7) is 10.6. The van der Waals surface area contributed by atoms with Crippen LogP contribution in [0, 0.1) is 0 Å². The van der Waals surface area contributed by atoms with Crippen molar-refractivity contribution in [2.24, 2.45) is 0 Å². The molecule has 1 fully saturated rings. The second-order valence-corrected chi connectivity index (χ2v) is 7.89. The van der Waals surface area contributed by atoms with Crippen LogP contribution in [-0.4, -0.2) is 119 Å². The summed E-state index contributed by atoms with van der Waals surface area (Å²) >= 11 is 0.862. The number of amides is 1. The Morgan fingerprint density at radius 3 is 1.42 bits per heavy atom. The van der Waals surface area contributed by atoms with Gasteiger partial charge in [-0.05, 0) is 0 Å². The fraction of sp³-hybridized carbons (Fsp3) is 0.909. The van der Waals surface area contributed by atoms with Crippen molar-refractivity contribution in [2.45, 2.75) is 39.3 Å². The summed E-state index contributed by atoms with van der Waals surface area (Å²) in [6.07, 6.45) is -0.169. The topological polar surface area (TPSA) is 32.8 Å². The van der Waals surface area contributed by atoms with Crippen LogP contribution < -0.4 is 0 Å². The Labute approximate surface area is 206 Å². The fourth-order valence-corrected chi connectivity index (χ4v) is 2.81. The molecule has 0 aromatic carbocycles. The van der Waals surface area contributed by atoms with E-state index in [4.69, 9.17) is 4.74 Å². The van der Waals surface area contributed by atoms with Gasteiger partial charge in [-0.25, -0.2) is 0 Å². The Morgan fingerprint density at radius 1 is 0.871 bits per heavy atom. The van der Waals surface area contributed by atoms with E-state index in [1.165, 1.54) is 0.639 Å². The van der Waals surface area contributed by atoms with Gasteiger partial charge in [0.05, 0.1) is 0 Å². The molecule has 0 saturated carbocycles. The average molecular weight is 513 g/mol. The molecule has 0 radical (unpaired) electrons. The number of carbonyl (C=O) groups is 1. The third-order valence-electron chi connectivity index (χ3n) is 2.79. The normalized spacial score (nSPS) is 17.9. The summed E-state index contributed by atoms with van der Waals surface area (Å²) in [5.41, 5.74) is -0.395. The van der Waals surface area contributed by atoms with Gasteiger partial charge in [-0.1, -0.05) is 0 Å². The minimum Gasteiger partial charge on any atom is -0.418 e. The molecule has 1 aliphatic heterocycles. The Bertz CT molecular complexity index is 456. The molecule has 184 valence electrons. The first kappa shape index (κ1) is 35.8. The summed E-state index contributed by atoms with van der Waals surface area (Å²) < 4.78 is 124. The van der Waals surface area contributed by atoms with E-state index < -0.39 is 27.4 Å². The van der Waals surface area contributed by atoms with E-state index in [2.05, 4.69) is 11.8 Å². The molecule has 31 heavy (non-hydrogen) atoms. The summed E-state index contributed by atoms with van der Waals surface area (Å²) in [7, 11) is -18.0. The van der Waals surface area contributed by atoms with Crippen LogP contribution in [0.5, 0.6) is 0 Å². The number of hydrogen-bond donors (Lipinski definition) is 0. The molecule has 1 aliphatic rings. The zero-order valence-corrected chi connectivity index (χ0v) is 20.5. The third-order valence-corrected chi connectivity index (χ3v) is 4.18. The van der Waals surface area contributed by atoms with E-state index in [1.54, 1.807) is 0 Å². The van der Waals surface area contributed by atoms with Crippen LogP contribution in [0.15, 0.2) is 0 Å². The predicted molar refractivity (Wildman–Crippen MR) is 95.2 cm³/mol. The van der Waals surface area contributed by atoms with Crippen LogP contribution in [-0.2, 0) is 4.74 Å². The Balaban J connectivity index is -0.000000428. The van der Waals surface area contributed by atoms with Crippen molar-refractivity contribution in [1.29, 1.82) is 0 Å². The van der Waals surface area contributed by atoms with Crippen molar-refractivity contribution in [3.63, 3.8) is 0 Å². The molecule has 1 amide bonds. The average Bonchev–Trinajstić information content (AvgIpc) is 2.39. The van der Waals surface area contributed by atoms with Gasteiger partial charge in [0.2, 0.25) is 0 Å². The van der Waals surface area contributed by atoms with Gasteiger partial charge >= 0.3 is 156 Å². The molecule has 0 aliphatic carbocycles. The van der Waals surface area contributed by atoms with E-state index >= 15 is 0 Å². The summed E-state index contributed by atoms with van der Waals surface area (Å²) in [5, 5.41) is 0. The van der Waals surface area contributed by atoms with Gasteiger partial charge in [0.1, 0.15) is 0 Å². The van der Waals surface area contributed by atoms with E-state index in [1.807, 2.05) is 25.7 Å². The molecule has 1 atom stereocenters. The molecule has 0 aromatic rings. The van der Waals surface area contributed by atoms with Crippen molar-refractivity contribution >= 4 is 76.8 Å². The quantitative estimate of drug-likeness (QED) is 0.368. The monoisotopic (exact) mass is 513 g/mol. The number of nitrogens with zero attached hydrogens (tertiary/aromatic N) is 2. The van der Waals surface area contributed by atoms with Crippen LogP contribution >= 0.6 is 0 Å². The van der Waals surface area contributed by atoms with Crippen LogP contribution in [0.3, 0.4) is 0 Å². The minimum atomic E-state index is -6.00. The van der Waals surface area contributed by atoms with Crippen molar-refractivity contribution in [3.8, 4) is 0 Å². The number of carbonyl (C=O) groups excluding carboxylic acids is 1. The molecule has 0 N–H and O–H groups in total. The standard InChI is InChI=1S/C11H21N2O2.3BF4.K/c1-9-8-12(5)6-7-13(9)10(14)15-11(2,3)4;3*2-1(3,4)5;/h9H,5-8H2,1-4H3;;;;/q;3*-1;. The Kier molecular flexibility index (Phi) is 17.5. The van der Waals surface area contributed by atoms with E-state index in [0.29, 0.717) is 0 Å². The zero-order chi connectivity index (χ0) is 25.8. The zero-order valence-electron chi connectivity index (χ0n) is 17.4. The van der Waals surface area contributed by atoms with Crippen molar-refractivity contribution < 1.29 is 61.3 Å². The molecule has 1 saturated heterocycles. The molecule has 4 nitrogen and oxygen atoms in total. The van der Waals surface area contributed by atoms with Gasteiger partial charge in [-0.15, -0.1) is 0 Å². The van der Waals surface area contributed by atoms with E-state index in [0.717, 1.165) is 68.6 Å². The Morgan fingerprint density at radius 2 is 1.19 bits per heavy atom. The molecule has 0 bridgehead atoms. The van der Waals surface area contributed by atoms with Crippen LogP contribution in [0.25, 0.3) is 0 Å². The van der Waals surface area contributed by atoms with Gasteiger partial charge in [0.15, 0.2) is 0 Å². The predicted octanol–water partition coefficient (Wildman–Crippen LogP) is 4.95. The number of hydrogen-bond acceptors (Lipinski definition) is 3. The molecule has 1 rings (SSSR count). The van der Waals surface area contributed by atoms with Crippen molar-refractivity contribution in [2.75, 3.05) is 20.3 Å². The van der Waals surface area contributed by atoms with Crippen molar-refractivity contribution in [3.05, 3.63) is 0 Å². The maximum atomic E-state index is 11.9. The van der Waals surface area contributed by atoms with Crippen LogP contribution in [0.4, 0.5) is 56.6 Å². The number of ether oxygens (including phenoxy) is 1. The number of halogens is 12. The second kappa shape index (κ2) is 15.2. The molecule has 1 unspecified atom stereocenters. The molecular weight excluding hydrogens is 492 g/mol. The van der Waals surface area contributed by atoms with Crippen LogP contribution in [0.2, 0.25) is 0 Å². The maximum Gasteiger partial charge on any atom is 0.673 e. The summed E-state index contributed by atoms with van der Waals surface area (Å²) in [4.78, 5) is 16.2. The number of rotatable bonds is 1. The largest absolute Gasteiger partial charge is 0.673 e. The molecule has 0 spiro atoms. The van der Waals surface area contributed by atoms with E-state index in [9.17, 15) is 56.6 Å². The maximum absolute atomic E-state index is 11.9. The SMILES string of the molecule is CC1CN([CH2][K])CCN1C(=O)OC(C)(C)C.F[B-](F)(F)F.F[B-](F)(F)F.F[B-](F)(F)F. The minimum absolute atomic E-state index is 0.169. The molecular formula is C11H21B3F12KN2O2-3. The van der Waals surface area contributed by atoms with E-state index in [-0.39, 0.29) is 12.1 Å². The summed E-state index contributed by atoms with van der Waals surface area (Å²) in [6, 6.07) is 0.269. The second-order valence-electron chi connectivity index (χ2n) is 6.90.